The van der Waals surface area contributed by atoms with Gasteiger partial charge in [0.05, 0.1) is 6.61 Å². The van der Waals surface area contributed by atoms with Crippen molar-refractivity contribution in [2.24, 2.45) is 0 Å². The molecule has 0 spiro atoms. The summed E-state index contributed by atoms with van der Waals surface area (Å²) < 4.78 is 42.5. The first-order chi connectivity index (χ1) is 8.98. The largest absolute Gasteiger partial charge is 0.493 e. The molecule has 1 aromatic rings. The molecule has 108 valence electrons. The average Bonchev–Trinajstić information content (AvgIpc) is 2.37. The minimum atomic E-state index is -4.13. The molecule has 0 fully saturated rings. The van der Waals surface area contributed by atoms with Gasteiger partial charge in [-0.3, -0.25) is 0 Å². The SMILES string of the molecule is CCCOc1ccccc1C(CCC(F)(F)F)NC. The Morgan fingerprint density at radius 3 is 2.53 bits per heavy atom. The van der Waals surface area contributed by atoms with Gasteiger partial charge in [0, 0.05) is 18.0 Å². The van der Waals surface area contributed by atoms with Crippen LogP contribution in [0.4, 0.5) is 13.2 Å². The van der Waals surface area contributed by atoms with Crippen LogP contribution < -0.4 is 10.1 Å². The highest BCUT2D eigenvalue weighted by atomic mass is 19.4. The van der Waals surface area contributed by atoms with Gasteiger partial charge in [0.1, 0.15) is 5.75 Å². The average molecular weight is 275 g/mol. The van der Waals surface area contributed by atoms with Gasteiger partial charge in [-0.25, -0.2) is 0 Å². The minimum Gasteiger partial charge on any atom is -0.493 e. The quantitative estimate of drug-likeness (QED) is 0.809. The van der Waals surface area contributed by atoms with Crippen LogP contribution in [0.2, 0.25) is 0 Å². The number of ether oxygens (including phenoxy) is 1. The lowest BCUT2D eigenvalue weighted by molar-refractivity contribution is -0.136. The lowest BCUT2D eigenvalue weighted by Crippen LogP contribution is -2.20. The van der Waals surface area contributed by atoms with E-state index in [4.69, 9.17) is 4.74 Å². The third-order valence-electron chi connectivity index (χ3n) is 2.82. The van der Waals surface area contributed by atoms with Crippen LogP contribution in [0, 0.1) is 0 Å². The number of hydrogen-bond donors (Lipinski definition) is 1. The van der Waals surface area contributed by atoms with E-state index in [9.17, 15) is 13.2 Å². The Bertz CT molecular complexity index is 379. The Morgan fingerprint density at radius 1 is 1.26 bits per heavy atom. The van der Waals surface area contributed by atoms with Crippen LogP contribution in [0.3, 0.4) is 0 Å². The molecular weight excluding hydrogens is 255 g/mol. The van der Waals surface area contributed by atoms with E-state index in [1.165, 1.54) is 0 Å². The first-order valence-corrected chi connectivity index (χ1v) is 6.43. The number of benzene rings is 1. The number of nitrogens with one attached hydrogen (secondary N) is 1. The first-order valence-electron chi connectivity index (χ1n) is 6.43. The smallest absolute Gasteiger partial charge is 0.389 e. The molecule has 0 aromatic heterocycles. The van der Waals surface area contributed by atoms with Gasteiger partial charge in [-0.05, 0) is 26.0 Å². The number of hydrogen-bond acceptors (Lipinski definition) is 2. The summed E-state index contributed by atoms with van der Waals surface area (Å²) in [5.74, 6) is 0.658. The third-order valence-corrected chi connectivity index (χ3v) is 2.82. The maximum atomic E-state index is 12.3. The Kier molecular flexibility index (Phi) is 6.15. The van der Waals surface area contributed by atoms with E-state index < -0.39 is 12.6 Å². The highest BCUT2D eigenvalue weighted by Gasteiger charge is 2.29. The van der Waals surface area contributed by atoms with Gasteiger partial charge in [0.2, 0.25) is 0 Å². The van der Waals surface area contributed by atoms with Crippen LogP contribution in [0.15, 0.2) is 24.3 Å². The summed E-state index contributed by atoms with van der Waals surface area (Å²) in [5, 5.41) is 2.93. The standard InChI is InChI=1S/C14H20F3NO/c1-3-10-19-13-7-5-4-6-11(13)12(18-2)8-9-14(15,16)17/h4-7,12,18H,3,8-10H2,1-2H3. The molecule has 0 bridgehead atoms. The van der Waals surface area contributed by atoms with E-state index >= 15 is 0 Å². The van der Waals surface area contributed by atoms with E-state index in [1.807, 2.05) is 25.1 Å². The summed E-state index contributed by atoms with van der Waals surface area (Å²) in [6, 6.07) is 6.89. The zero-order chi connectivity index (χ0) is 14.3. The van der Waals surface area contributed by atoms with Crippen molar-refractivity contribution in [2.75, 3.05) is 13.7 Å². The van der Waals surface area contributed by atoms with Crippen molar-refractivity contribution in [2.45, 2.75) is 38.4 Å². The van der Waals surface area contributed by atoms with E-state index in [0.29, 0.717) is 12.4 Å². The van der Waals surface area contributed by atoms with Crippen molar-refractivity contribution in [3.8, 4) is 5.75 Å². The van der Waals surface area contributed by atoms with Gasteiger partial charge in [-0.2, -0.15) is 13.2 Å². The molecule has 0 amide bonds. The lowest BCUT2D eigenvalue weighted by Gasteiger charge is -2.20. The van der Waals surface area contributed by atoms with Crippen molar-refractivity contribution < 1.29 is 17.9 Å². The molecule has 1 atom stereocenters. The molecule has 0 aliphatic heterocycles. The molecular formula is C14H20F3NO. The summed E-state index contributed by atoms with van der Waals surface area (Å²) in [7, 11) is 1.66. The number of para-hydroxylation sites is 1. The molecule has 0 aliphatic rings. The molecule has 0 saturated carbocycles. The van der Waals surface area contributed by atoms with E-state index in [1.54, 1.807) is 13.1 Å². The van der Waals surface area contributed by atoms with Gasteiger partial charge in [-0.1, -0.05) is 25.1 Å². The second-order valence-corrected chi connectivity index (χ2v) is 4.38. The van der Waals surface area contributed by atoms with Crippen molar-refractivity contribution in [1.82, 2.24) is 5.32 Å². The fourth-order valence-electron chi connectivity index (χ4n) is 1.88. The lowest BCUT2D eigenvalue weighted by atomic mass is 10.0. The van der Waals surface area contributed by atoms with Crippen molar-refractivity contribution in [1.29, 1.82) is 0 Å². The molecule has 2 nitrogen and oxygen atoms in total. The Hall–Kier alpha value is -1.23. The van der Waals surface area contributed by atoms with Gasteiger partial charge >= 0.3 is 6.18 Å². The predicted octanol–water partition coefficient (Wildman–Crippen LogP) is 4.08. The van der Waals surface area contributed by atoms with Gasteiger partial charge in [0.25, 0.3) is 0 Å². The van der Waals surface area contributed by atoms with E-state index in [-0.39, 0.29) is 12.5 Å². The maximum Gasteiger partial charge on any atom is 0.389 e. The van der Waals surface area contributed by atoms with Crippen LogP contribution >= 0.6 is 0 Å². The summed E-state index contributed by atoms with van der Waals surface area (Å²) in [5.41, 5.74) is 0.780. The molecule has 0 saturated heterocycles. The second kappa shape index (κ2) is 7.38. The number of alkyl halides is 3. The third kappa shape index (κ3) is 5.51. The topological polar surface area (TPSA) is 21.3 Å². The monoisotopic (exact) mass is 275 g/mol. The van der Waals surface area contributed by atoms with Crippen molar-refractivity contribution in [3.05, 3.63) is 29.8 Å². The molecule has 0 radical (unpaired) electrons. The van der Waals surface area contributed by atoms with E-state index in [2.05, 4.69) is 5.32 Å². The Labute approximate surface area is 112 Å². The second-order valence-electron chi connectivity index (χ2n) is 4.38. The molecule has 5 heteroatoms. The Morgan fingerprint density at radius 2 is 1.95 bits per heavy atom. The van der Waals surface area contributed by atoms with Crippen LogP contribution in [0.25, 0.3) is 0 Å². The fraction of sp³-hybridized carbons (Fsp3) is 0.571. The van der Waals surface area contributed by atoms with Crippen LogP contribution in [0.5, 0.6) is 5.75 Å². The predicted molar refractivity (Wildman–Crippen MR) is 69.3 cm³/mol. The van der Waals surface area contributed by atoms with Gasteiger partial charge in [-0.15, -0.1) is 0 Å². The maximum absolute atomic E-state index is 12.3. The summed E-state index contributed by atoms with van der Waals surface area (Å²) in [6.07, 6.45) is -4.07. The molecule has 19 heavy (non-hydrogen) atoms. The number of rotatable bonds is 7. The Balaban J connectivity index is 2.79. The highest BCUT2D eigenvalue weighted by Crippen LogP contribution is 2.31. The molecule has 1 unspecified atom stereocenters. The highest BCUT2D eigenvalue weighted by molar-refractivity contribution is 5.35. The van der Waals surface area contributed by atoms with Crippen LogP contribution in [-0.2, 0) is 0 Å². The van der Waals surface area contributed by atoms with Crippen LogP contribution in [0.1, 0.15) is 37.8 Å². The zero-order valence-corrected chi connectivity index (χ0v) is 11.3. The summed E-state index contributed by atoms with van der Waals surface area (Å²) in [6.45, 7) is 2.55. The first kappa shape index (κ1) is 15.8. The molecule has 1 N–H and O–H groups in total. The summed E-state index contributed by atoms with van der Waals surface area (Å²) in [4.78, 5) is 0. The summed E-state index contributed by atoms with van der Waals surface area (Å²) >= 11 is 0. The molecule has 1 rings (SSSR count). The van der Waals surface area contributed by atoms with Gasteiger partial charge in [0.15, 0.2) is 0 Å². The van der Waals surface area contributed by atoms with Crippen LogP contribution in [-0.4, -0.2) is 19.8 Å². The molecule has 0 aliphatic carbocycles. The van der Waals surface area contributed by atoms with Crippen molar-refractivity contribution in [3.63, 3.8) is 0 Å². The molecule has 1 aromatic carbocycles. The van der Waals surface area contributed by atoms with Crippen molar-refractivity contribution >= 4 is 0 Å². The fourth-order valence-corrected chi connectivity index (χ4v) is 1.88. The molecule has 0 heterocycles. The normalized spacial score (nSPS) is 13.3. The minimum absolute atomic E-state index is 0.00645. The zero-order valence-electron chi connectivity index (χ0n) is 11.3. The number of halogens is 3. The van der Waals surface area contributed by atoms with Gasteiger partial charge < -0.3 is 10.1 Å². The van der Waals surface area contributed by atoms with E-state index in [0.717, 1.165) is 12.0 Å².